The van der Waals surface area contributed by atoms with Crippen molar-refractivity contribution in [2.24, 2.45) is 5.73 Å². The molecular weight excluding hydrogens is 386 g/mol. The minimum Gasteiger partial charge on any atom is -0.497 e. The Morgan fingerprint density at radius 2 is 1.96 bits per heavy atom. The topological polar surface area (TPSA) is 103 Å². The van der Waals surface area contributed by atoms with E-state index in [-0.39, 0.29) is 30.3 Å². The summed E-state index contributed by atoms with van der Waals surface area (Å²) >= 11 is 0. The van der Waals surface area contributed by atoms with Crippen molar-refractivity contribution in [1.82, 2.24) is 10.2 Å². The number of nitrogens with one attached hydrogen (secondary N) is 1. The third-order valence-corrected chi connectivity index (χ3v) is 4.46. The quantitative estimate of drug-likeness (QED) is 0.618. The van der Waals surface area contributed by atoms with Crippen molar-refractivity contribution in [1.29, 1.82) is 0 Å². The molecule has 0 spiro atoms. The number of halogens is 1. The second-order valence-electron chi connectivity index (χ2n) is 6.54. The zero-order valence-electron chi connectivity index (χ0n) is 16.6. The Balaban J connectivity index is 0.00000392. The summed E-state index contributed by atoms with van der Waals surface area (Å²) in [4.78, 5) is 26.2. The molecule has 158 valence electrons. The highest BCUT2D eigenvalue weighted by atomic mass is 35.5. The van der Waals surface area contributed by atoms with Gasteiger partial charge in [-0.2, -0.15) is 0 Å². The number of methoxy groups -OCH3 is 2. The van der Waals surface area contributed by atoms with Crippen molar-refractivity contribution in [2.45, 2.75) is 31.9 Å². The molecule has 9 heteroatoms. The molecule has 1 aliphatic rings. The first-order chi connectivity index (χ1) is 13.0. The van der Waals surface area contributed by atoms with Gasteiger partial charge in [-0.25, -0.2) is 0 Å². The maximum atomic E-state index is 12.4. The molecule has 28 heavy (non-hydrogen) atoms. The Hall–Kier alpha value is -2.03. The highest BCUT2D eigenvalue weighted by Gasteiger charge is 2.26. The maximum absolute atomic E-state index is 12.4. The van der Waals surface area contributed by atoms with Crippen molar-refractivity contribution in [3.8, 4) is 11.5 Å². The second-order valence-corrected chi connectivity index (χ2v) is 6.54. The van der Waals surface area contributed by atoms with Crippen molar-refractivity contribution >= 4 is 24.2 Å². The third kappa shape index (κ3) is 6.54. The maximum Gasteiger partial charge on any atom is 0.255 e. The Kier molecular flexibility index (Phi) is 10.1. The first-order valence-electron chi connectivity index (χ1n) is 9.12. The largest absolute Gasteiger partial charge is 0.497 e. The van der Waals surface area contributed by atoms with E-state index in [0.29, 0.717) is 56.1 Å². The number of amides is 2. The van der Waals surface area contributed by atoms with Crippen LogP contribution >= 0.6 is 12.4 Å². The van der Waals surface area contributed by atoms with Crippen LogP contribution in [0.2, 0.25) is 0 Å². The number of benzene rings is 1. The summed E-state index contributed by atoms with van der Waals surface area (Å²) in [5.41, 5.74) is 6.12. The van der Waals surface area contributed by atoms with Crippen LogP contribution in [0.3, 0.4) is 0 Å². The van der Waals surface area contributed by atoms with Crippen LogP contribution in [0.5, 0.6) is 11.5 Å². The molecule has 1 saturated heterocycles. The fraction of sp³-hybridized carbons (Fsp3) is 0.579. The zero-order chi connectivity index (χ0) is 19.8. The van der Waals surface area contributed by atoms with Crippen LogP contribution in [-0.2, 0) is 9.53 Å². The molecule has 1 fully saturated rings. The average molecular weight is 416 g/mol. The monoisotopic (exact) mass is 415 g/mol. The van der Waals surface area contributed by atoms with Gasteiger partial charge in [-0.05, 0) is 19.1 Å². The number of hydrogen-bond donors (Lipinski definition) is 2. The number of carbonyl (C=O) groups is 2. The van der Waals surface area contributed by atoms with E-state index in [9.17, 15) is 9.59 Å². The van der Waals surface area contributed by atoms with E-state index in [1.165, 1.54) is 0 Å². The van der Waals surface area contributed by atoms with Gasteiger partial charge in [-0.15, -0.1) is 12.4 Å². The molecular formula is C19H30ClN3O5. The SMILES string of the molecule is COCCNC(=O)c1ccc(OC)cc1OC1CCN(C(=O)[C@@H](C)N)CC1.Cl. The molecule has 3 N–H and O–H groups in total. The molecule has 0 saturated carbocycles. The van der Waals surface area contributed by atoms with E-state index in [1.807, 2.05) is 0 Å². The normalized spacial score (nSPS) is 15.4. The Bertz CT molecular complexity index is 648. The van der Waals surface area contributed by atoms with Gasteiger partial charge in [0.15, 0.2) is 0 Å². The molecule has 8 nitrogen and oxygen atoms in total. The number of nitrogens with zero attached hydrogens (tertiary/aromatic N) is 1. The third-order valence-electron chi connectivity index (χ3n) is 4.46. The number of ether oxygens (including phenoxy) is 3. The molecule has 2 rings (SSSR count). The van der Waals surface area contributed by atoms with Crippen molar-refractivity contribution in [2.75, 3.05) is 40.5 Å². The fourth-order valence-electron chi connectivity index (χ4n) is 2.94. The minimum absolute atomic E-state index is 0. The summed E-state index contributed by atoms with van der Waals surface area (Å²) in [7, 11) is 3.14. The van der Waals surface area contributed by atoms with Gasteiger partial charge in [0.05, 0.1) is 25.3 Å². The van der Waals surface area contributed by atoms with Crippen molar-refractivity contribution in [3.63, 3.8) is 0 Å². The number of hydrogen-bond acceptors (Lipinski definition) is 6. The lowest BCUT2D eigenvalue weighted by molar-refractivity contribution is -0.133. The highest BCUT2D eigenvalue weighted by molar-refractivity contribution is 5.97. The van der Waals surface area contributed by atoms with E-state index in [4.69, 9.17) is 19.9 Å². The molecule has 1 aliphatic heterocycles. The van der Waals surface area contributed by atoms with Crippen LogP contribution in [0.25, 0.3) is 0 Å². The molecule has 0 aromatic heterocycles. The van der Waals surface area contributed by atoms with Crippen LogP contribution in [0.1, 0.15) is 30.1 Å². The van der Waals surface area contributed by atoms with Crippen LogP contribution < -0.4 is 20.5 Å². The highest BCUT2D eigenvalue weighted by Crippen LogP contribution is 2.28. The van der Waals surface area contributed by atoms with Crippen LogP contribution in [0.4, 0.5) is 0 Å². The summed E-state index contributed by atoms with van der Waals surface area (Å²) in [5.74, 6) is 0.812. The molecule has 1 aromatic carbocycles. The summed E-state index contributed by atoms with van der Waals surface area (Å²) < 4.78 is 16.3. The standard InChI is InChI=1S/C19H29N3O5.ClH/c1-13(20)19(24)22-9-6-14(7-10-22)27-17-12-15(26-3)4-5-16(17)18(23)21-8-11-25-2;/h4-5,12-14H,6-11,20H2,1-3H3,(H,21,23);1H/t13-;/m1./s1. The fourth-order valence-corrected chi connectivity index (χ4v) is 2.94. The summed E-state index contributed by atoms with van der Waals surface area (Å²) in [6.07, 6.45) is 1.28. The predicted octanol–water partition coefficient (Wildman–Crippen LogP) is 1.21. The van der Waals surface area contributed by atoms with Crippen molar-refractivity contribution < 1.29 is 23.8 Å². The molecule has 1 heterocycles. The van der Waals surface area contributed by atoms with Gasteiger partial charge in [0.2, 0.25) is 5.91 Å². The van der Waals surface area contributed by atoms with Gasteiger partial charge in [0, 0.05) is 45.7 Å². The first kappa shape index (κ1) is 24.0. The van der Waals surface area contributed by atoms with Gasteiger partial charge in [0.1, 0.15) is 17.6 Å². The van der Waals surface area contributed by atoms with E-state index < -0.39 is 6.04 Å². The minimum atomic E-state index is -0.497. The first-order valence-corrected chi connectivity index (χ1v) is 9.12. The van der Waals surface area contributed by atoms with E-state index in [2.05, 4.69) is 5.32 Å². The molecule has 1 aromatic rings. The smallest absolute Gasteiger partial charge is 0.255 e. The summed E-state index contributed by atoms with van der Waals surface area (Å²) in [6, 6.07) is 4.63. The molecule has 2 amide bonds. The van der Waals surface area contributed by atoms with Gasteiger partial charge in [0.25, 0.3) is 5.91 Å². The Morgan fingerprint density at radius 1 is 1.29 bits per heavy atom. The van der Waals surface area contributed by atoms with Crippen LogP contribution in [-0.4, -0.2) is 69.3 Å². The number of piperidine rings is 1. The lowest BCUT2D eigenvalue weighted by Gasteiger charge is -2.33. The molecule has 0 radical (unpaired) electrons. The van der Waals surface area contributed by atoms with Gasteiger partial charge in [-0.1, -0.05) is 0 Å². The van der Waals surface area contributed by atoms with Crippen LogP contribution in [0, 0.1) is 0 Å². The molecule has 0 aliphatic carbocycles. The van der Waals surface area contributed by atoms with E-state index >= 15 is 0 Å². The Morgan fingerprint density at radius 3 is 2.54 bits per heavy atom. The van der Waals surface area contributed by atoms with Gasteiger partial charge < -0.3 is 30.2 Å². The molecule has 1 atom stereocenters. The van der Waals surface area contributed by atoms with Crippen molar-refractivity contribution in [3.05, 3.63) is 23.8 Å². The molecule has 0 unspecified atom stereocenters. The van der Waals surface area contributed by atoms with E-state index in [0.717, 1.165) is 0 Å². The summed E-state index contributed by atoms with van der Waals surface area (Å²) in [5, 5.41) is 2.80. The number of nitrogens with two attached hydrogens (primary N) is 1. The Labute approximate surface area is 172 Å². The lowest BCUT2D eigenvalue weighted by atomic mass is 10.1. The van der Waals surface area contributed by atoms with E-state index in [1.54, 1.807) is 44.2 Å². The second kappa shape index (κ2) is 11.7. The number of likely N-dealkylation sites (tertiary alicyclic amines) is 1. The number of rotatable bonds is 8. The number of carbonyl (C=O) groups excluding carboxylic acids is 2. The van der Waals surface area contributed by atoms with Gasteiger partial charge in [-0.3, -0.25) is 9.59 Å². The van der Waals surface area contributed by atoms with Crippen LogP contribution in [0.15, 0.2) is 18.2 Å². The summed E-state index contributed by atoms with van der Waals surface area (Å²) in [6.45, 7) is 3.72. The average Bonchev–Trinajstić information content (AvgIpc) is 2.68. The molecule has 0 bridgehead atoms. The van der Waals surface area contributed by atoms with Gasteiger partial charge >= 0.3 is 0 Å². The lowest BCUT2D eigenvalue weighted by Crippen LogP contribution is -2.47. The predicted molar refractivity (Wildman–Crippen MR) is 108 cm³/mol. The zero-order valence-corrected chi connectivity index (χ0v) is 17.4.